The topological polar surface area (TPSA) is 123 Å². The van der Waals surface area contributed by atoms with Crippen LogP contribution >= 0.6 is 0 Å². The molecule has 52 heavy (non-hydrogen) atoms. The van der Waals surface area contributed by atoms with Gasteiger partial charge in [0.15, 0.2) is 0 Å². The van der Waals surface area contributed by atoms with Gasteiger partial charge in [-0.15, -0.1) is 0 Å². The Bertz CT molecular complexity index is 2080. The second-order valence-corrected chi connectivity index (χ2v) is 14.8. The van der Waals surface area contributed by atoms with E-state index in [0.717, 1.165) is 22.5 Å². The average Bonchev–Trinajstić information content (AvgIpc) is 3.84. The number of carbonyl (C=O) groups is 4. The van der Waals surface area contributed by atoms with Crippen LogP contribution in [0.5, 0.6) is 0 Å². The summed E-state index contributed by atoms with van der Waals surface area (Å²) in [7, 11) is 0. The Balaban J connectivity index is 1.11. The Labute approximate surface area is 297 Å². The van der Waals surface area contributed by atoms with E-state index in [1.54, 1.807) is 34.1 Å². The molecule has 4 amide bonds. The number of hydrogen-bond donors (Lipinski definition) is 4. The largest absolute Gasteiger partial charge is 0.364 e. The van der Waals surface area contributed by atoms with E-state index >= 15 is 0 Å². The fourth-order valence-electron chi connectivity index (χ4n) is 10.5. The fourth-order valence-corrected chi connectivity index (χ4v) is 10.5. The molecule has 0 saturated carbocycles. The molecule has 0 aromatic heterocycles. The van der Waals surface area contributed by atoms with Gasteiger partial charge in [-0.25, -0.2) is 8.78 Å². The van der Waals surface area contributed by atoms with Gasteiger partial charge in [-0.05, 0) is 71.5 Å². The maximum atomic E-state index is 14.6. The highest BCUT2D eigenvalue weighted by molar-refractivity contribution is 6.01. The molecule has 4 fully saturated rings. The molecule has 4 aromatic carbocycles. The van der Waals surface area contributed by atoms with Crippen LogP contribution in [0.2, 0.25) is 0 Å². The van der Waals surface area contributed by atoms with Gasteiger partial charge in [0.1, 0.15) is 48.1 Å². The van der Waals surface area contributed by atoms with Crippen LogP contribution in [0.1, 0.15) is 35.1 Å². The number of piperazine rings is 2. The van der Waals surface area contributed by atoms with Crippen molar-refractivity contribution in [3.05, 3.63) is 131 Å². The van der Waals surface area contributed by atoms with E-state index in [2.05, 4.69) is 21.3 Å². The highest BCUT2D eigenvalue weighted by atomic mass is 19.1. The van der Waals surface area contributed by atoms with E-state index in [4.69, 9.17) is 0 Å². The van der Waals surface area contributed by atoms with Crippen LogP contribution in [0.15, 0.2) is 97.1 Å². The summed E-state index contributed by atoms with van der Waals surface area (Å²) in [5, 5.41) is 13.2. The first kappa shape index (κ1) is 31.0. The SMILES string of the molecule is O=C1NC(Cc2cccc(F)c2)C(=O)N2C1CC1(C34CC5C(=O)NC(Cc6cccc(F)c6)C(=O)N5C3Nc3ccccc34)c3ccccc3NC21. The van der Waals surface area contributed by atoms with Gasteiger partial charge in [0.25, 0.3) is 0 Å². The van der Waals surface area contributed by atoms with Crippen molar-refractivity contribution >= 4 is 35.0 Å². The van der Waals surface area contributed by atoms with Crippen LogP contribution in [-0.4, -0.2) is 69.9 Å². The predicted molar refractivity (Wildman–Crippen MR) is 186 cm³/mol. The molecule has 4 aromatic rings. The molecule has 6 heterocycles. The van der Waals surface area contributed by atoms with E-state index in [1.807, 2.05) is 48.5 Å². The summed E-state index contributed by atoms with van der Waals surface area (Å²) in [5.41, 5.74) is 2.66. The number of anilines is 2. The van der Waals surface area contributed by atoms with Crippen molar-refractivity contribution in [1.82, 2.24) is 20.4 Å². The van der Waals surface area contributed by atoms with Crippen molar-refractivity contribution in [2.75, 3.05) is 10.6 Å². The van der Waals surface area contributed by atoms with Crippen molar-refractivity contribution in [3.8, 4) is 0 Å². The molecule has 6 aliphatic rings. The second kappa shape index (κ2) is 10.9. The summed E-state index contributed by atoms with van der Waals surface area (Å²) in [5.74, 6) is -2.03. The molecule has 6 aliphatic heterocycles. The molecule has 10 rings (SSSR count). The molecule has 0 aliphatic carbocycles. The zero-order valence-electron chi connectivity index (χ0n) is 27.8. The van der Waals surface area contributed by atoms with Gasteiger partial charge >= 0.3 is 0 Å². The number of carbonyl (C=O) groups excluding carboxylic acids is 4. The molecule has 4 N–H and O–H groups in total. The van der Waals surface area contributed by atoms with Crippen molar-refractivity contribution in [2.45, 2.75) is 73.0 Å². The fraction of sp³-hybridized carbons (Fsp3) is 0.300. The van der Waals surface area contributed by atoms with E-state index in [0.29, 0.717) is 11.1 Å². The lowest BCUT2D eigenvalue weighted by Gasteiger charge is -2.48. The van der Waals surface area contributed by atoms with Crippen molar-refractivity contribution < 1.29 is 28.0 Å². The minimum Gasteiger partial charge on any atom is -0.364 e. The molecule has 262 valence electrons. The lowest BCUT2D eigenvalue weighted by Crippen LogP contribution is -2.67. The van der Waals surface area contributed by atoms with Gasteiger partial charge in [0, 0.05) is 24.2 Å². The number of fused-ring (bicyclic) bond motifs is 11. The van der Waals surface area contributed by atoms with Crippen LogP contribution in [-0.2, 0) is 42.8 Å². The average molecular weight is 701 g/mol. The van der Waals surface area contributed by atoms with Gasteiger partial charge < -0.3 is 31.1 Å². The highest BCUT2D eigenvalue weighted by Crippen LogP contribution is 2.68. The number of amides is 4. The summed E-state index contributed by atoms with van der Waals surface area (Å²) < 4.78 is 28.3. The molecule has 10 nitrogen and oxygen atoms in total. The van der Waals surface area contributed by atoms with Crippen molar-refractivity contribution in [2.24, 2.45) is 0 Å². The summed E-state index contributed by atoms with van der Waals surface area (Å²) in [6.45, 7) is 0. The maximum Gasteiger partial charge on any atom is 0.247 e. The monoisotopic (exact) mass is 700 g/mol. The Hall–Kier alpha value is -5.78. The Morgan fingerprint density at radius 1 is 0.558 bits per heavy atom. The molecule has 12 heteroatoms. The van der Waals surface area contributed by atoms with Gasteiger partial charge in [0.2, 0.25) is 23.6 Å². The first-order chi connectivity index (χ1) is 25.2. The zero-order valence-corrected chi connectivity index (χ0v) is 27.8. The number of halogens is 2. The highest BCUT2D eigenvalue weighted by Gasteiger charge is 2.78. The van der Waals surface area contributed by atoms with Gasteiger partial charge in [0.05, 0.1) is 10.8 Å². The van der Waals surface area contributed by atoms with E-state index in [-0.39, 0.29) is 49.3 Å². The van der Waals surface area contributed by atoms with Gasteiger partial charge in [-0.1, -0.05) is 60.7 Å². The third-order valence-corrected chi connectivity index (χ3v) is 12.4. The molecule has 0 bridgehead atoms. The number of para-hydroxylation sites is 2. The molecule has 0 radical (unpaired) electrons. The molecular weight excluding hydrogens is 666 g/mol. The molecule has 8 unspecified atom stereocenters. The first-order valence-electron chi connectivity index (χ1n) is 17.7. The number of hydrogen-bond acceptors (Lipinski definition) is 6. The van der Waals surface area contributed by atoms with Crippen LogP contribution in [0, 0.1) is 11.6 Å². The predicted octanol–water partition coefficient (Wildman–Crippen LogP) is 3.33. The molecule has 8 atom stereocenters. The maximum absolute atomic E-state index is 14.6. The number of nitrogens with one attached hydrogen (secondary N) is 4. The summed E-state index contributed by atoms with van der Waals surface area (Å²) >= 11 is 0. The van der Waals surface area contributed by atoms with E-state index in [1.165, 1.54) is 24.3 Å². The molecule has 0 spiro atoms. The minimum absolute atomic E-state index is 0.119. The molecular formula is C40H34F2N6O4. The lowest BCUT2D eigenvalue weighted by molar-refractivity contribution is -0.149. The third kappa shape index (κ3) is 4.03. The van der Waals surface area contributed by atoms with Crippen LogP contribution < -0.4 is 21.3 Å². The number of benzene rings is 4. The smallest absolute Gasteiger partial charge is 0.247 e. The Morgan fingerprint density at radius 3 is 1.40 bits per heavy atom. The standard InChI is InChI=1S/C40H34F2N6O4/c41-23-9-5-7-21(15-23)17-29-35(51)47-31(33(49)43-29)19-39(25-11-1-3-13-27(25)45-37(39)47)40-20-32-34(50)44-30(18-22-8-6-10-24(42)16-22)36(52)48(32)38(40)46-28-14-4-2-12-26(28)40/h1-16,29-32,37-38,45-46H,17-20H2,(H,43,49)(H,44,50). The Kier molecular flexibility index (Phi) is 6.48. The third-order valence-electron chi connectivity index (χ3n) is 12.4. The number of rotatable bonds is 5. The summed E-state index contributed by atoms with van der Waals surface area (Å²) in [4.78, 5) is 60.9. The van der Waals surface area contributed by atoms with Gasteiger partial charge in [-0.3, -0.25) is 19.2 Å². The van der Waals surface area contributed by atoms with Gasteiger partial charge in [-0.2, -0.15) is 0 Å². The van der Waals surface area contributed by atoms with E-state index in [9.17, 15) is 28.0 Å². The number of nitrogens with zero attached hydrogens (tertiary/aromatic N) is 2. The quantitative estimate of drug-likeness (QED) is 0.254. The van der Waals surface area contributed by atoms with E-state index < -0.39 is 59.0 Å². The van der Waals surface area contributed by atoms with Crippen LogP contribution in [0.25, 0.3) is 0 Å². The Morgan fingerprint density at radius 2 is 0.981 bits per heavy atom. The van der Waals surface area contributed by atoms with Crippen LogP contribution in [0.4, 0.5) is 20.2 Å². The molecule has 4 saturated heterocycles. The normalized spacial score (nSPS) is 32.1. The van der Waals surface area contributed by atoms with Crippen molar-refractivity contribution in [3.63, 3.8) is 0 Å². The van der Waals surface area contributed by atoms with Crippen molar-refractivity contribution in [1.29, 1.82) is 0 Å². The zero-order chi connectivity index (χ0) is 35.5. The lowest BCUT2D eigenvalue weighted by atomic mass is 9.54. The summed E-state index contributed by atoms with van der Waals surface area (Å²) in [6, 6.07) is 24.2. The first-order valence-corrected chi connectivity index (χ1v) is 17.7. The second-order valence-electron chi connectivity index (χ2n) is 14.8. The summed E-state index contributed by atoms with van der Waals surface area (Å²) in [6.07, 6.45) is -0.701. The minimum atomic E-state index is -0.977. The van der Waals surface area contributed by atoms with Crippen LogP contribution in [0.3, 0.4) is 0 Å².